The molecule has 188 valence electrons. The van der Waals surface area contributed by atoms with Crippen molar-refractivity contribution in [3.05, 3.63) is 115 Å². The van der Waals surface area contributed by atoms with E-state index in [4.69, 9.17) is 0 Å². The van der Waals surface area contributed by atoms with Crippen LogP contribution in [0.25, 0.3) is 47.7 Å². The summed E-state index contributed by atoms with van der Waals surface area (Å²) in [5.74, 6) is 0.580. The molecule has 1 aliphatic carbocycles. The molecule has 0 spiro atoms. The highest BCUT2D eigenvalue weighted by Gasteiger charge is 2.40. The lowest BCUT2D eigenvalue weighted by Gasteiger charge is -2.33. The van der Waals surface area contributed by atoms with Crippen LogP contribution in [0.4, 0.5) is 11.4 Å². The van der Waals surface area contributed by atoms with E-state index in [-0.39, 0.29) is 0 Å². The van der Waals surface area contributed by atoms with Crippen LogP contribution in [0.1, 0.15) is 37.2 Å². The van der Waals surface area contributed by atoms with Crippen molar-refractivity contribution in [2.75, 3.05) is 4.90 Å². The Balaban J connectivity index is 1.24. The van der Waals surface area contributed by atoms with Gasteiger partial charge in [-0.3, -0.25) is 0 Å². The van der Waals surface area contributed by atoms with E-state index in [0.717, 1.165) is 0 Å². The van der Waals surface area contributed by atoms with Crippen LogP contribution in [0, 0.1) is 0 Å². The fourth-order valence-electron chi connectivity index (χ4n) is 7.55. The summed E-state index contributed by atoms with van der Waals surface area (Å²) in [6.45, 7) is 0. The van der Waals surface area contributed by atoms with Gasteiger partial charge < -0.3 is 9.47 Å². The molecular weight excluding hydrogens is 492 g/mol. The van der Waals surface area contributed by atoms with E-state index in [9.17, 15) is 0 Å². The van der Waals surface area contributed by atoms with Gasteiger partial charge in [0.25, 0.3) is 0 Å². The van der Waals surface area contributed by atoms with E-state index < -0.39 is 0 Å². The Labute approximate surface area is 231 Å². The average Bonchev–Trinajstić information content (AvgIpc) is 3.64. The van der Waals surface area contributed by atoms with Gasteiger partial charge in [0.1, 0.15) is 0 Å². The molecule has 2 atom stereocenters. The molecule has 3 heteroatoms. The van der Waals surface area contributed by atoms with Gasteiger partial charge in [0.15, 0.2) is 0 Å². The lowest BCUT2D eigenvalue weighted by molar-refractivity contribution is 0.402. The van der Waals surface area contributed by atoms with Crippen molar-refractivity contribution in [1.82, 2.24) is 4.57 Å². The number of benzene rings is 5. The Morgan fingerprint density at radius 2 is 1.23 bits per heavy atom. The van der Waals surface area contributed by atoms with E-state index in [1.807, 2.05) is 11.3 Å². The van der Waals surface area contributed by atoms with Gasteiger partial charge in [-0.25, -0.2) is 0 Å². The molecule has 2 nitrogen and oxygen atoms in total. The van der Waals surface area contributed by atoms with Crippen molar-refractivity contribution in [3.63, 3.8) is 0 Å². The van der Waals surface area contributed by atoms with E-state index in [2.05, 4.69) is 119 Å². The predicted octanol–water partition coefficient (Wildman–Crippen LogP) is 10.3. The van der Waals surface area contributed by atoms with Gasteiger partial charge in [-0.1, -0.05) is 67.4 Å². The van der Waals surface area contributed by atoms with Gasteiger partial charge >= 0.3 is 0 Å². The number of para-hydroxylation sites is 2. The molecule has 39 heavy (non-hydrogen) atoms. The molecule has 1 aliphatic heterocycles. The SMILES string of the molecule is c1ccc2c(c1)sc1ccc(N3c4ccc(-n5c6ccccc6c6ccccc65)cc4C4CCCCC43)cc12. The van der Waals surface area contributed by atoms with Gasteiger partial charge in [-0.05, 0) is 73.0 Å². The number of fused-ring (bicyclic) bond motifs is 9. The van der Waals surface area contributed by atoms with Crippen LogP contribution in [0.15, 0.2) is 109 Å². The lowest BCUT2D eigenvalue weighted by atomic mass is 9.82. The average molecular weight is 521 g/mol. The molecule has 2 aliphatic rings. The summed E-state index contributed by atoms with van der Waals surface area (Å²) in [6, 6.07) is 41.5. The molecule has 0 radical (unpaired) electrons. The quantitative estimate of drug-likeness (QED) is 0.220. The van der Waals surface area contributed by atoms with Gasteiger partial charge in [0.2, 0.25) is 0 Å². The molecular formula is C36H28N2S. The van der Waals surface area contributed by atoms with Crippen LogP contribution in [0.2, 0.25) is 0 Å². The molecule has 5 aromatic carbocycles. The monoisotopic (exact) mass is 520 g/mol. The first-order valence-electron chi connectivity index (χ1n) is 14.2. The van der Waals surface area contributed by atoms with Gasteiger partial charge in [0, 0.05) is 60.0 Å². The maximum atomic E-state index is 2.68. The summed E-state index contributed by atoms with van der Waals surface area (Å²) in [6.07, 6.45) is 5.16. The standard InChI is InChI=1S/C36H28N2S/c1-5-13-31-25(9-1)26-10-2-6-14-32(26)37(31)23-17-19-34-29(21-23)27-11-3-7-15-33(27)38(34)24-18-20-36-30(22-24)28-12-4-8-16-35(28)39-36/h1-2,4-6,8-10,12-14,16-22,27,33H,3,7,11,15H2. The lowest BCUT2D eigenvalue weighted by Crippen LogP contribution is -2.32. The summed E-state index contributed by atoms with van der Waals surface area (Å²) < 4.78 is 5.22. The molecule has 9 rings (SSSR count). The predicted molar refractivity (Wildman–Crippen MR) is 167 cm³/mol. The summed E-state index contributed by atoms with van der Waals surface area (Å²) in [5, 5.41) is 5.40. The molecule has 7 aromatic rings. The number of thiophene rings is 1. The number of rotatable bonds is 2. The Bertz CT molecular complexity index is 2010. The normalized spacial score (nSPS) is 18.8. The minimum absolute atomic E-state index is 0.532. The van der Waals surface area contributed by atoms with Crippen LogP contribution in [0.3, 0.4) is 0 Å². The molecule has 2 aromatic heterocycles. The van der Waals surface area contributed by atoms with Crippen molar-refractivity contribution < 1.29 is 0 Å². The minimum Gasteiger partial charge on any atom is -0.337 e. The van der Waals surface area contributed by atoms with Crippen molar-refractivity contribution >= 4 is 64.7 Å². The molecule has 0 saturated heterocycles. The number of hydrogen-bond donors (Lipinski definition) is 0. The molecule has 2 unspecified atom stereocenters. The maximum Gasteiger partial charge on any atom is 0.0541 e. The Kier molecular flexibility index (Phi) is 4.59. The van der Waals surface area contributed by atoms with E-state index in [1.165, 1.54) is 90.3 Å². The molecule has 0 bridgehead atoms. The number of hydrogen-bond acceptors (Lipinski definition) is 2. The zero-order valence-electron chi connectivity index (χ0n) is 21.7. The molecule has 0 N–H and O–H groups in total. The second-order valence-corrected chi connectivity index (χ2v) is 12.3. The fraction of sp³-hybridized carbons (Fsp3) is 0.167. The largest absolute Gasteiger partial charge is 0.337 e. The third-order valence-electron chi connectivity index (χ3n) is 9.21. The van der Waals surface area contributed by atoms with Crippen LogP contribution >= 0.6 is 11.3 Å². The first-order valence-corrected chi connectivity index (χ1v) is 15.0. The molecule has 3 heterocycles. The third-order valence-corrected chi connectivity index (χ3v) is 10.4. The first kappa shape index (κ1) is 21.8. The third kappa shape index (κ3) is 3.08. The second kappa shape index (κ2) is 8.21. The van der Waals surface area contributed by atoms with Crippen LogP contribution in [-0.4, -0.2) is 10.6 Å². The Morgan fingerprint density at radius 3 is 2.05 bits per heavy atom. The molecule has 1 saturated carbocycles. The van der Waals surface area contributed by atoms with E-state index in [0.29, 0.717) is 12.0 Å². The fourth-order valence-corrected chi connectivity index (χ4v) is 8.64. The number of anilines is 2. The second-order valence-electron chi connectivity index (χ2n) is 11.2. The zero-order valence-corrected chi connectivity index (χ0v) is 22.5. The highest BCUT2D eigenvalue weighted by molar-refractivity contribution is 7.25. The van der Waals surface area contributed by atoms with Crippen molar-refractivity contribution in [2.45, 2.75) is 37.6 Å². The topological polar surface area (TPSA) is 8.17 Å². The highest BCUT2D eigenvalue weighted by Crippen LogP contribution is 2.52. The Morgan fingerprint density at radius 1 is 0.564 bits per heavy atom. The molecule has 1 fully saturated rings. The molecule has 0 amide bonds. The van der Waals surface area contributed by atoms with Crippen LogP contribution < -0.4 is 4.90 Å². The summed E-state index contributed by atoms with van der Waals surface area (Å²) >= 11 is 1.90. The smallest absolute Gasteiger partial charge is 0.0541 e. The minimum atomic E-state index is 0.532. The zero-order chi connectivity index (χ0) is 25.5. The van der Waals surface area contributed by atoms with Gasteiger partial charge in [-0.2, -0.15) is 0 Å². The van der Waals surface area contributed by atoms with Crippen molar-refractivity contribution in [2.24, 2.45) is 0 Å². The highest BCUT2D eigenvalue weighted by atomic mass is 32.1. The van der Waals surface area contributed by atoms with Gasteiger partial charge in [0.05, 0.1) is 11.0 Å². The van der Waals surface area contributed by atoms with Crippen molar-refractivity contribution in [1.29, 1.82) is 0 Å². The van der Waals surface area contributed by atoms with E-state index >= 15 is 0 Å². The number of aromatic nitrogens is 1. The number of nitrogens with zero attached hydrogens (tertiary/aromatic N) is 2. The van der Waals surface area contributed by atoms with Crippen LogP contribution in [0.5, 0.6) is 0 Å². The van der Waals surface area contributed by atoms with Gasteiger partial charge in [-0.15, -0.1) is 11.3 Å². The Hall–Kier alpha value is -4.08. The van der Waals surface area contributed by atoms with Crippen LogP contribution in [-0.2, 0) is 0 Å². The van der Waals surface area contributed by atoms with E-state index in [1.54, 1.807) is 0 Å². The summed E-state index contributed by atoms with van der Waals surface area (Å²) in [5.41, 5.74) is 8.10. The van der Waals surface area contributed by atoms with Crippen molar-refractivity contribution in [3.8, 4) is 5.69 Å². The first-order chi connectivity index (χ1) is 19.3. The summed E-state index contributed by atoms with van der Waals surface area (Å²) in [7, 11) is 0. The maximum absolute atomic E-state index is 2.68. The summed E-state index contributed by atoms with van der Waals surface area (Å²) in [4.78, 5) is 2.68.